The van der Waals surface area contributed by atoms with Crippen LogP contribution in [-0.2, 0) is 7.05 Å². The highest BCUT2D eigenvalue weighted by Crippen LogP contribution is 2.37. The molecule has 1 N–H and O–H groups in total. The number of aromatic nitrogens is 4. The molecule has 32 heavy (non-hydrogen) atoms. The van der Waals surface area contributed by atoms with E-state index in [0.717, 1.165) is 36.1 Å². The molecule has 3 heterocycles. The van der Waals surface area contributed by atoms with Gasteiger partial charge in [0.1, 0.15) is 5.75 Å². The Kier molecular flexibility index (Phi) is 5.73. The minimum Gasteiger partial charge on any atom is -0.507 e. The lowest BCUT2D eigenvalue weighted by atomic mass is 10.0. The van der Waals surface area contributed by atoms with Gasteiger partial charge in [-0.25, -0.2) is 9.97 Å². The number of pyridine rings is 2. The Balaban J connectivity index is 1.76. The summed E-state index contributed by atoms with van der Waals surface area (Å²) in [4.78, 5) is 15.5. The summed E-state index contributed by atoms with van der Waals surface area (Å²) in [6, 6.07) is 7.76. The van der Waals surface area contributed by atoms with Crippen molar-refractivity contribution in [3.8, 4) is 23.1 Å². The van der Waals surface area contributed by atoms with Crippen LogP contribution < -0.4 is 4.90 Å². The van der Waals surface area contributed by atoms with Crippen molar-refractivity contribution in [3.63, 3.8) is 0 Å². The summed E-state index contributed by atoms with van der Waals surface area (Å²) in [5.41, 5.74) is 4.33. The molecule has 0 aliphatic rings. The second-order valence-corrected chi connectivity index (χ2v) is 7.81. The van der Waals surface area contributed by atoms with Crippen LogP contribution in [0.4, 0.5) is 5.69 Å². The van der Waals surface area contributed by atoms with Gasteiger partial charge in [0.05, 0.1) is 34.7 Å². The first-order valence-electron chi connectivity index (χ1n) is 10.5. The number of aromatic hydroxyl groups is 1. The molecular formula is C24H25N7O. The van der Waals surface area contributed by atoms with Crippen molar-refractivity contribution in [1.82, 2.24) is 19.7 Å². The van der Waals surface area contributed by atoms with Crippen LogP contribution in [0.2, 0.25) is 0 Å². The van der Waals surface area contributed by atoms with E-state index >= 15 is 0 Å². The molecule has 0 aliphatic carbocycles. The molecule has 4 aromatic rings. The summed E-state index contributed by atoms with van der Waals surface area (Å²) >= 11 is 0. The molecule has 1 aromatic carbocycles. The van der Waals surface area contributed by atoms with Crippen LogP contribution in [0, 0.1) is 18.3 Å². The molecule has 0 saturated carbocycles. The summed E-state index contributed by atoms with van der Waals surface area (Å²) in [5, 5.41) is 26.6. The smallest absolute Gasteiger partial charge is 0.161 e. The van der Waals surface area contributed by atoms with Gasteiger partial charge in [-0.1, -0.05) is 0 Å². The Morgan fingerprint density at radius 1 is 1.31 bits per heavy atom. The van der Waals surface area contributed by atoms with Crippen molar-refractivity contribution in [2.24, 2.45) is 12.0 Å². The Morgan fingerprint density at radius 2 is 2.12 bits per heavy atom. The van der Waals surface area contributed by atoms with E-state index in [2.05, 4.69) is 31.0 Å². The van der Waals surface area contributed by atoms with Gasteiger partial charge in [-0.15, -0.1) is 0 Å². The lowest BCUT2D eigenvalue weighted by molar-refractivity contribution is 0.474. The molecular weight excluding hydrogens is 402 g/mol. The maximum absolute atomic E-state index is 10.8. The second-order valence-electron chi connectivity index (χ2n) is 7.81. The van der Waals surface area contributed by atoms with Crippen LogP contribution in [0.5, 0.6) is 5.75 Å². The van der Waals surface area contributed by atoms with Gasteiger partial charge < -0.3 is 10.0 Å². The van der Waals surface area contributed by atoms with Gasteiger partial charge in [0.15, 0.2) is 5.65 Å². The van der Waals surface area contributed by atoms with Crippen molar-refractivity contribution >= 4 is 33.8 Å². The van der Waals surface area contributed by atoms with E-state index in [-0.39, 0.29) is 5.75 Å². The molecule has 4 rings (SSSR count). The minimum atomic E-state index is 0.109. The number of hydrogen-bond donors (Lipinski definition) is 1. The number of anilines is 1. The van der Waals surface area contributed by atoms with E-state index < -0.39 is 0 Å². The highest BCUT2D eigenvalue weighted by atomic mass is 16.3. The zero-order valence-electron chi connectivity index (χ0n) is 18.7. The third kappa shape index (κ3) is 3.85. The second kappa shape index (κ2) is 8.63. The molecule has 0 radical (unpaired) electrons. The largest absolute Gasteiger partial charge is 0.507 e. The van der Waals surface area contributed by atoms with E-state index in [1.807, 2.05) is 52.5 Å². The van der Waals surface area contributed by atoms with Gasteiger partial charge >= 0.3 is 0 Å². The van der Waals surface area contributed by atoms with Crippen LogP contribution in [-0.4, -0.2) is 51.2 Å². The van der Waals surface area contributed by atoms with Crippen LogP contribution in [0.3, 0.4) is 0 Å². The summed E-state index contributed by atoms with van der Waals surface area (Å²) in [6.45, 7) is 5.35. The standard InChI is InChI=1S/C24H25N7O/c1-5-26-7-6-8-30(3)18-11-19-16(12-25)10-21(28-24(19)27-13-18)20-9-17-14-31(4)29-22(17)15(2)23(20)32/h5,9-11,13-14,32H,6-8H2,1-4H3. The van der Waals surface area contributed by atoms with Crippen molar-refractivity contribution in [3.05, 3.63) is 41.7 Å². The van der Waals surface area contributed by atoms with Crippen molar-refractivity contribution in [2.75, 3.05) is 25.0 Å². The number of phenolic OH excluding ortho intramolecular Hbond substituents is 1. The molecule has 0 bridgehead atoms. The molecule has 3 aromatic heterocycles. The molecule has 8 nitrogen and oxygen atoms in total. The van der Waals surface area contributed by atoms with Crippen LogP contribution >= 0.6 is 0 Å². The van der Waals surface area contributed by atoms with Crippen molar-refractivity contribution < 1.29 is 5.11 Å². The van der Waals surface area contributed by atoms with Gasteiger partial charge in [0.25, 0.3) is 0 Å². The van der Waals surface area contributed by atoms with E-state index in [9.17, 15) is 10.4 Å². The van der Waals surface area contributed by atoms with Gasteiger partial charge in [-0.3, -0.25) is 9.67 Å². The molecule has 0 amide bonds. The highest BCUT2D eigenvalue weighted by molar-refractivity contribution is 5.93. The number of phenols is 1. The fraction of sp³-hybridized carbons (Fsp3) is 0.292. The predicted octanol–water partition coefficient (Wildman–Crippen LogP) is 3.99. The topological polar surface area (TPSA) is 103 Å². The van der Waals surface area contributed by atoms with E-state index in [4.69, 9.17) is 0 Å². The number of nitriles is 1. The normalized spacial score (nSPS) is 11.5. The summed E-state index contributed by atoms with van der Waals surface area (Å²) in [5.74, 6) is 0.109. The molecule has 0 saturated heterocycles. The average molecular weight is 428 g/mol. The minimum absolute atomic E-state index is 0.109. The first kappa shape index (κ1) is 21.2. The van der Waals surface area contributed by atoms with Gasteiger partial charge in [-0.2, -0.15) is 10.4 Å². The lowest BCUT2D eigenvalue weighted by Gasteiger charge is -2.19. The summed E-state index contributed by atoms with van der Waals surface area (Å²) in [7, 11) is 3.84. The van der Waals surface area contributed by atoms with E-state index in [1.165, 1.54) is 0 Å². The maximum Gasteiger partial charge on any atom is 0.161 e. The first-order chi connectivity index (χ1) is 15.4. The SMILES string of the molecule is CC=NCCCN(C)c1cnc2nc(-c3cc4cn(C)nc4c(C)c3O)cc(C#N)c2c1. The molecule has 0 aliphatic heterocycles. The zero-order valence-corrected chi connectivity index (χ0v) is 18.7. The summed E-state index contributed by atoms with van der Waals surface area (Å²) < 4.78 is 1.71. The van der Waals surface area contributed by atoms with Crippen molar-refractivity contribution in [2.45, 2.75) is 20.3 Å². The quantitative estimate of drug-likeness (QED) is 0.369. The Morgan fingerprint density at radius 3 is 2.88 bits per heavy atom. The predicted molar refractivity (Wildman–Crippen MR) is 127 cm³/mol. The lowest BCUT2D eigenvalue weighted by Crippen LogP contribution is -2.19. The molecule has 162 valence electrons. The first-order valence-corrected chi connectivity index (χ1v) is 10.5. The molecule has 0 unspecified atom stereocenters. The Hall–Kier alpha value is -3.99. The molecule has 0 atom stereocenters. The van der Waals surface area contributed by atoms with Gasteiger partial charge in [0.2, 0.25) is 0 Å². The highest BCUT2D eigenvalue weighted by Gasteiger charge is 2.17. The van der Waals surface area contributed by atoms with Crippen LogP contribution in [0.1, 0.15) is 24.5 Å². The van der Waals surface area contributed by atoms with Crippen LogP contribution in [0.25, 0.3) is 33.2 Å². The van der Waals surface area contributed by atoms with Gasteiger partial charge in [-0.05, 0) is 44.7 Å². The number of benzene rings is 1. The van der Waals surface area contributed by atoms with Crippen molar-refractivity contribution in [1.29, 1.82) is 5.26 Å². The third-order valence-electron chi connectivity index (χ3n) is 5.57. The fourth-order valence-electron chi connectivity index (χ4n) is 3.83. The zero-order chi connectivity index (χ0) is 22.8. The number of aliphatic imine (C=N–C) groups is 1. The third-order valence-corrected chi connectivity index (χ3v) is 5.57. The number of nitrogens with zero attached hydrogens (tertiary/aromatic N) is 7. The Bertz CT molecular complexity index is 1380. The van der Waals surface area contributed by atoms with E-state index in [0.29, 0.717) is 33.4 Å². The molecule has 0 fully saturated rings. The maximum atomic E-state index is 10.8. The average Bonchev–Trinajstić information content (AvgIpc) is 3.18. The molecule has 8 heteroatoms. The van der Waals surface area contributed by atoms with Gasteiger partial charge in [0, 0.05) is 55.3 Å². The fourth-order valence-corrected chi connectivity index (χ4v) is 3.83. The monoisotopic (exact) mass is 427 g/mol. The Labute approximate surface area is 186 Å². The number of aryl methyl sites for hydroxylation is 2. The molecule has 0 spiro atoms. The summed E-state index contributed by atoms with van der Waals surface area (Å²) in [6.07, 6.45) is 6.39. The number of fused-ring (bicyclic) bond motifs is 2. The number of rotatable bonds is 6. The number of hydrogen-bond acceptors (Lipinski definition) is 7. The van der Waals surface area contributed by atoms with Crippen LogP contribution in [0.15, 0.2) is 35.6 Å². The van der Waals surface area contributed by atoms with E-state index in [1.54, 1.807) is 16.9 Å².